The number of carbonyl (C=O) groups is 3. The minimum atomic E-state index is -0.657. The molecule has 4 rings (SSSR count). The van der Waals surface area contributed by atoms with Crippen LogP contribution in [0.2, 0.25) is 0 Å². The second-order valence-corrected chi connectivity index (χ2v) is 10.9. The van der Waals surface area contributed by atoms with Crippen LogP contribution in [0.4, 0.5) is 16.2 Å². The zero-order valence-corrected chi connectivity index (χ0v) is 23.0. The predicted molar refractivity (Wildman–Crippen MR) is 155 cm³/mol. The fourth-order valence-corrected chi connectivity index (χ4v) is 4.72. The van der Waals surface area contributed by atoms with Crippen molar-refractivity contribution in [1.82, 2.24) is 10.2 Å². The lowest BCUT2D eigenvalue weighted by Crippen LogP contribution is -2.49. The molecule has 0 fully saturated rings. The van der Waals surface area contributed by atoms with Gasteiger partial charge in [0.2, 0.25) is 11.8 Å². The Morgan fingerprint density at radius 1 is 1.00 bits per heavy atom. The van der Waals surface area contributed by atoms with Crippen LogP contribution in [-0.4, -0.2) is 48.4 Å². The summed E-state index contributed by atoms with van der Waals surface area (Å²) in [5, 5.41) is 5.87. The molecule has 0 aliphatic carbocycles. The number of benzene rings is 3. The van der Waals surface area contributed by atoms with Gasteiger partial charge in [0.25, 0.3) is 0 Å². The Balaban J connectivity index is 1.57. The number of para-hydroxylation sites is 2. The van der Waals surface area contributed by atoms with Gasteiger partial charge in [-0.15, -0.1) is 0 Å². The highest BCUT2D eigenvalue weighted by Crippen LogP contribution is 2.31. The van der Waals surface area contributed by atoms with Gasteiger partial charge >= 0.3 is 6.03 Å². The van der Waals surface area contributed by atoms with E-state index in [-0.39, 0.29) is 24.3 Å². The molecule has 39 heavy (non-hydrogen) atoms. The van der Waals surface area contributed by atoms with Gasteiger partial charge in [0, 0.05) is 37.3 Å². The molecule has 8 heteroatoms. The van der Waals surface area contributed by atoms with Crippen LogP contribution in [0.15, 0.2) is 72.8 Å². The number of fused-ring (bicyclic) bond motifs is 1. The lowest BCUT2D eigenvalue weighted by Gasteiger charge is -2.27. The summed E-state index contributed by atoms with van der Waals surface area (Å²) in [4.78, 5) is 41.9. The van der Waals surface area contributed by atoms with Crippen molar-refractivity contribution >= 4 is 29.2 Å². The average molecular weight is 528 g/mol. The minimum absolute atomic E-state index is 0.135. The maximum absolute atomic E-state index is 13.7. The van der Waals surface area contributed by atoms with Crippen molar-refractivity contribution in [2.24, 2.45) is 5.73 Å². The van der Waals surface area contributed by atoms with Crippen molar-refractivity contribution in [3.63, 3.8) is 0 Å². The minimum Gasteiger partial charge on any atom is -0.344 e. The van der Waals surface area contributed by atoms with Crippen molar-refractivity contribution in [1.29, 1.82) is 0 Å². The van der Waals surface area contributed by atoms with Crippen molar-refractivity contribution in [3.05, 3.63) is 83.9 Å². The van der Waals surface area contributed by atoms with Crippen LogP contribution in [0.3, 0.4) is 0 Å². The number of aryl methyl sites for hydroxylation is 1. The molecule has 0 unspecified atom stereocenters. The van der Waals surface area contributed by atoms with Crippen LogP contribution in [0, 0.1) is 0 Å². The Bertz CT molecular complexity index is 1340. The van der Waals surface area contributed by atoms with Gasteiger partial charge in [-0.2, -0.15) is 0 Å². The van der Waals surface area contributed by atoms with Crippen LogP contribution in [-0.2, 0) is 22.6 Å². The third-order valence-corrected chi connectivity index (χ3v) is 6.68. The highest BCUT2D eigenvalue weighted by molar-refractivity contribution is 6.00. The van der Waals surface area contributed by atoms with E-state index in [1.54, 1.807) is 32.8 Å². The predicted octanol–water partition coefficient (Wildman–Crippen LogP) is 4.54. The second-order valence-electron chi connectivity index (χ2n) is 10.9. The highest BCUT2D eigenvalue weighted by atomic mass is 16.2. The maximum Gasteiger partial charge on any atom is 0.321 e. The van der Waals surface area contributed by atoms with Gasteiger partial charge < -0.3 is 26.2 Å². The zero-order valence-electron chi connectivity index (χ0n) is 23.0. The lowest BCUT2D eigenvalue weighted by molar-refractivity contribution is -0.128. The SMILES string of the molecule is CN(C)C(=O)Nc1ccccc1-c1ccc(CN2C(=O)[C@H](NC(=O)CC(C)(C)N)CCc3ccccc32)cc1. The van der Waals surface area contributed by atoms with Gasteiger partial charge in [-0.1, -0.05) is 60.7 Å². The molecule has 1 heterocycles. The number of urea groups is 1. The van der Waals surface area contributed by atoms with E-state index < -0.39 is 11.6 Å². The van der Waals surface area contributed by atoms with Crippen molar-refractivity contribution in [3.8, 4) is 11.1 Å². The molecule has 3 aromatic rings. The number of carbonyl (C=O) groups excluding carboxylic acids is 3. The number of nitrogens with two attached hydrogens (primary N) is 1. The standard InChI is InChI=1S/C31H37N5O3/c1-31(2,32)19-28(37)33-26-18-17-23-9-5-8-12-27(23)36(29(26)38)20-21-13-15-22(16-14-21)24-10-6-7-11-25(24)34-30(39)35(3)4/h5-16,26H,17-20,32H2,1-4H3,(H,33,37)(H,34,39)/t26-/m1/s1. The van der Waals surface area contributed by atoms with E-state index >= 15 is 0 Å². The molecule has 1 aliphatic rings. The van der Waals surface area contributed by atoms with E-state index in [4.69, 9.17) is 5.73 Å². The Morgan fingerprint density at radius 3 is 2.36 bits per heavy atom. The fraction of sp³-hybridized carbons (Fsp3) is 0.323. The molecule has 0 spiro atoms. The van der Waals surface area contributed by atoms with Gasteiger partial charge in [-0.25, -0.2) is 4.79 Å². The first-order chi connectivity index (χ1) is 18.5. The Morgan fingerprint density at radius 2 is 1.67 bits per heavy atom. The first-order valence-corrected chi connectivity index (χ1v) is 13.2. The summed E-state index contributed by atoms with van der Waals surface area (Å²) in [6, 6.07) is 22.7. The van der Waals surface area contributed by atoms with Crippen molar-refractivity contribution < 1.29 is 14.4 Å². The molecule has 0 aromatic heterocycles. The summed E-state index contributed by atoms with van der Waals surface area (Å²) in [5.74, 6) is -0.361. The van der Waals surface area contributed by atoms with E-state index in [2.05, 4.69) is 10.6 Å². The van der Waals surface area contributed by atoms with E-state index in [1.807, 2.05) is 72.8 Å². The number of anilines is 2. The van der Waals surface area contributed by atoms with Crippen molar-refractivity contribution in [2.45, 2.75) is 51.2 Å². The summed E-state index contributed by atoms with van der Waals surface area (Å²) in [6.45, 7) is 3.95. The summed E-state index contributed by atoms with van der Waals surface area (Å²) < 4.78 is 0. The smallest absolute Gasteiger partial charge is 0.321 e. The Hall–Kier alpha value is -4.17. The van der Waals surface area contributed by atoms with Gasteiger partial charge in [0.15, 0.2) is 0 Å². The molecule has 4 amide bonds. The quantitative estimate of drug-likeness (QED) is 0.419. The van der Waals surface area contributed by atoms with Crippen molar-refractivity contribution in [2.75, 3.05) is 24.3 Å². The largest absolute Gasteiger partial charge is 0.344 e. The molecular formula is C31H37N5O3. The molecule has 4 N–H and O–H groups in total. The normalized spacial score (nSPS) is 15.3. The van der Waals surface area contributed by atoms with E-state index in [1.165, 1.54) is 4.90 Å². The third-order valence-electron chi connectivity index (χ3n) is 6.68. The summed E-state index contributed by atoms with van der Waals surface area (Å²) >= 11 is 0. The summed E-state index contributed by atoms with van der Waals surface area (Å²) in [6.07, 6.45) is 1.35. The zero-order chi connectivity index (χ0) is 28.2. The molecule has 1 aliphatic heterocycles. The summed E-state index contributed by atoms with van der Waals surface area (Å²) in [5.41, 5.74) is 10.8. The topological polar surface area (TPSA) is 108 Å². The molecule has 0 saturated carbocycles. The molecule has 0 bridgehead atoms. The first-order valence-electron chi connectivity index (χ1n) is 13.2. The second kappa shape index (κ2) is 11.7. The Labute approximate surface area is 230 Å². The number of nitrogens with zero attached hydrogens (tertiary/aromatic N) is 2. The van der Waals surface area contributed by atoms with Crippen LogP contribution < -0.4 is 21.3 Å². The monoisotopic (exact) mass is 527 g/mol. The third kappa shape index (κ3) is 7.03. The van der Waals surface area contributed by atoms with E-state index in [0.29, 0.717) is 19.4 Å². The lowest BCUT2D eigenvalue weighted by atomic mass is 10.0. The van der Waals surface area contributed by atoms with Crippen LogP contribution >= 0.6 is 0 Å². The van der Waals surface area contributed by atoms with Gasteiger partial charge in [-0.05, 0) is 55.5 Å². The number of nitrogens with one attached hydrogen (secondary N) is 2. The van der Waals surface area contributed by atoms with Crippen LogP contribution in [0.25, 0.3) is 11.1 Å². The molecule has 0 radical (unpaired) electrons. The van der Waals surface area contributed by atoms with E-state index in [0.717, 1.165) is 33.6 Å². The number of amides is 4. The van der Waals surface area contributed by atoms with E-state index in [9.17, 15) is 14.4 Å². The molecule has 0 saturated heterocycles. The number of hydrogen-bond acceptors (Lipinski definition) is 4. The number of rotatable bonds is 7. The number of hydrogen-bond donors (Lipinski definition) is 3. The van der Waals surface area contributed by atoms with Gasteiger partial charge in [-0.3, -0.25) is 9.59 Å². The van der Waals surface area contributed by atoms with Gasteiger partial charge in [0.05, 0.1) is 12.2 Å². The first kappa shape index (κ1) is 27.9. The fourth-order valence-electron chi connectivity index (χ4n) is 4.72. The average Bonchev–Trinajstić information content (AvgIpc) is 3.01. The maximum atomic E-state index is 13.7. The molecule has 1 atom stereocenters. The molecule has 3 aromatic carbocycles. The molecule has 8 nitrogen and oxygen atoms in total. The van der Waals surface area contributed by atoms with Gasteiger partial charge in [0.1, 0.15) is 6.04 Å². The highest BCUT2D eigenvalue weighted by Gasteiger charge is 2.32. The molecule has 204 valence electrons. The Kier molecular flexibility index (Phi) is 8.35. The summed E-state index contributed by atoms with van der Waals surface area (Å²) in [7, 11) is 3.40. The van der Waals surface area contributed by atoms with Crippen LogP contribution in [0.1, 0.15) is 37.8 Å². The van der Waals surface area contributed by atoms with Crippen LogP contribution in [0.5, 0.6) is 0 Å². The molecular weight excluding hydrogens is 490 g/mol.